The summed E-state index contributed by atoms with van der Waals surface area (Å²) in [6.07, 6.45) is 0. The number of hydrogen-bond donors (Lipinski definition) is 1. The normalized spacial score (nSPS) is 18.9. The van der Waals surface area contributed by atoms with Crippen LogP contribution in [0.3, 0.4) is 0 Å². The van der Waals surface area contributed by atoms with Crippen molar-refractivity contribution in [2.24, 2.45) is 0 Å². The summed E-state index contributed by atoms with van der Waals surface area (Å²) in [6.45, 7) is 2.49. The largest absolute Gasteiger partial charge is 0.507 e. The number of carbonyl (C=O) groups excluding carboxylic acids is 2. The van der Waals surface area contributed by atoms with Gasteiger partial charge in [-0.25, -0.2) is 0 Å². The minimum Gasteiger partial charge on any atom is -0.507 e. The SMILES string of the molecule is COCCN1C(=O)C(=O)C(=C(O)c2ccc(C)cc2)C1c1cccc(Br)c1. The highest BCUT2D eigenvalue weighted by Crippen LogP contribution is 2.39. The van der Waals surface area contributed by atoms with Crippen molar-refractivity contribution in [3.8, 4) is 0 Å². The molecule has 1 unspecified atom stereocenters. The predicted molar refractivity (Wildman–Crippen MR) is 106 cm³/mol. The van der Waals surface area contributed by atoms with Gasteiger partial charge in [0.2, 0.25) is 0 Å². The van der Waals surface area contributed by atoms with E-state index in [1.165, 1.54) is 12.0 Å². The van der Waals surface area contributed by atoms with Crippen molar-refractivity contribution in [3.05, 3.63) is 75.3 Å². The van der Waals surface area contributed by atoms with Gasteiger partial charge >= 0.3 is 0 Å². The molecule has 0 bridgehead atoms. The van der Waals surface area contributed by atoms with Crippen LogP contribution in [0, 0.1) is 6.92 Å². The average molecular weight is 430 g/mol. The Kier molecular flexibility index (Phi) is 5.77. The third kappa shape index (κ3) is 3.82. The zero-order valence-corrected chi connectivity index (χ0v) is 16.7. The van der Waals surface area contributed by atoms with Gasteiger partial charge in [-0.3, -0.25) is 9.59 Å². The highest BCUT2D eigenvalue weighted by atomic mass is 79.9. The second-order valence-corrected chi connectivity index (χ2v) is 7.32. The number of methoxy groups -OCH3 is 1. The Morgan fingerprint density at radius 1 is 1.19 bits per heavy atom. The van der Waals surface area contributed by atoms with Crippen LogP contribution in [-0.4, -0.2) is 42.0 Å². The third-order valence-electron chi connectivity index (χ3n) is 4.57. The van der Waals surface area contributed by atoms with Gasteiger partial charge < -0.3 is 14.7 Å². The van der Waals surface area contributed by atoms with Crippen LogP contribution in [0.15, 0.2) is 58.6 Å². The van der Waals surface area contributed by atoms with Gasteiger partial charge in [0.15, 0.2) is 0 Å². The van der Waals surface area contributed by atoms with Crippen molar-refractivity contribution < 1.29 is 19.4 Å². The molecular formula is C21H20BrNO4. The molecule has 1 saturated heterocycles. The number of rotatable bonds is 5. The quantitative estimate of drug-likeness (QED) is 0.445. The van der Waals surface area contributed by atoms with E-state index >= 15 is 0 Å². The Balaban J connectivity index is 2.16. The van der Waals surface area contributed by atoms with Gasteiger partial charge in [0, 0.05) is 23.7 Å². The molecular weight excluding hydrogens is 410 g/mol. The first-order valence-electron chi connectivity index (χ1n) is 8.54. The molecule has 140 valence electrons. The number of aliphatic hydroxyl groups excluding tert-OH is 1. The molecule has 1 aliphatic heterocycles. The topological polar surface area (TPSA) is 66.8 Å². The summed E-state index contributed by atoms with van der Waals surface area (Å²) in [7, 11) is 1.54. The molecule has 0 radical (unpaired) electrons. The molecule has 0 spiro atoms. The second-order valence-electron chi connectivity index (χ2n) is 6.41. The summed E-state index contributed by atoms with van der Waals surface area (Å²) in [4.78, 5) is 26.9. The van der Waals surface area contributed by atoms with Gasteiger partial charge in [0.25, 0.3) is 11.7 Å². The second kappa shape index (κ2) is 8.06. The summed E-state index contributed by atoms with van der Waals surface area (Å²) in [5.41, 5.74) is 2.38. The van der Waals surface area contributed by atoms with Crippen LogP contribution in [0.4, 0.5) is 0 Å². The number of amides is 1. The third-order valence-corrected chi connectivity index (χ3v) is 5.06. The minimum atomic E-state index is -0.686. The zero-order valence-electron chi connectivity index (χ0n) is 15.1. The molecule has 0 saturated carbocycles. The highest BCUT2D eigenvalue weighted by molar-refractivity contribution is 9.10. The number of nitrogens with zero attached hydrogens (tertiary/aromatic N) is 1. The van der Waals surface area contributed by atoms with Crippen LogP contribution in [0.25, 0.3) is 5.76 Å². The maximum absolute atomic E-state index is 12.8. The van der Waals surface area contributed by atoms with Gasteiger partial charge in [-0.1, -0.05) is 57.9 Å². The molecule has 1 aliphatic rings. The zero-order chi connectivity index (χ0) is 19.6. The lowest BCUT2D eigenvalue weighted by molar-refractivity contribution is -0.140. The number of benzene rings is 2. The van der Waals surface area contributed by atoms with Crippen molar-refractivity contribution in [1.29, 1.82) is 0 Å². The molecule has 0 aromatic heterocycles. The van der Waals surface area contributed by atoms with Crippen LogP contribution < -0.4 is 0 Å². The summed E-state index contributed by atoms with van der Waals surface area (Å²) >= 11 is 3.43. The molecule has 27 heavy (non-hydrogen) atoms. The van der Waals surface area contributed by atoms with E-state index in [2.05, 4.69) is 15.9 Å². The van der Waals surface area contributed by atoms with Gasteiger partial charge in [-0.15, -0.1) is 0 Å². The van der Waals surface area contributed by atoms with Crippen molar-refractivity contribution in [3.63, 3.8) is 0 Å². The standard InChI is InChI=1S/C21H20BrNO4/c1-13-6-8-14(9-7-13)19(24)17-18(15-4-3-5-16(22)12-15)23(10-11-27-2)21(26)20(17)25/h3-9,12,18,24H,10-11H2,1-2H3. The number of halogens is 1. The number of ketones is 1. The monoisotopic (exact) mass is 429 g/mol. The van der Waals surface area contributed by atoms with E-state index in [4.69, 9.17) is 4.74 Å². The number of aryl methyl sites for hydroxylation is 1. The number of ether oxygens (including phenoxy) is 1. The molecule has 1 fully saturated rings. The lowest BCUT2D eigenvalue weighted by Gasteiger charge is -2.25. The van der Waals surface area contributed by atoms with Crippen LogP contribution >= 0.6 is 15.9 Å². The lowest BCUT2D eigenvalue weighted by atomic mass is 9.95. The van der Waals surface area contributed by atoms with E-state index in [-0.39, 0.29) is 17.9 Å². The van der Waals surface area contributed by atoms with E-state index in [9.17, 15) is 14.7 Å². The fourth-order valence-electron chi connectivity index (χ4n) is 3.19. The maximum atomic E-state index is 12.8. The van der Waals surface area contributed by atoms with Crippen molar-refractivity contribution in [2.75, 3.05) is 20.3 Å². The van der Waals surface area contributed by atoms with Crippen molar-refractivity contribution >= 4 is 33.4 Å². The first kappa shape index (κ1) is 19.3. The van der Waals surface area contributed by atoms with Gasteiger partial charge in [0.05, 0.1) is 18.2 Å². The molecule has 1 heterocycles. The molecule has 0 aliphatic carbocycles. The summed E-state index contributed by atoms with van der Waals surface area (Å²) in [6, 6.07) is 13.9. The smallest absolute Gasteiger partial charge is 0.295 e. The van der Waals surface area contributed by atoms with E-state index in [0.29, 0.717) is 12.2 Å². The fourth-order valence-corrected chi connectivity index (χ4v) is 3.61. The Morgan fingerprint density at radius 3 is 2.52 bits per heavy atom. The van der Waals surface area contributed by atoms with Crippen LogP contribution in [0.2, 0.25) is 0 Å². The molecule has 2 aromatic rings. The van der Waals surface area contributed by atoms with Crippen molar-refractivity contribution in [1.82, 2.24) is 4.90 Å². The Labute approximate surface area is 166 Å². The Hall–Kier alpha value is -2.44. The van der Waals surface area contributed by atoms with E-state index in [1.54, 1.807) is 12.1 Å². The van der Waals surface area contributed by atoms with E-state index < -0.39 is 17.7 Å². The van der Waals surface area contributed by atoms with E-state index in [1.807, 2.05) is 43.3 Å². The van der Waals surface area contributed by atoms with Crippen LogP contribution in [0.1, 0.15) is 22.7 Å². The number of carbonyl (C=O) groups is 2. The van der Waals surface area contributed by atoms with Gasteiger partial charge in [-0.05, 0) is 24.6 Å². The number of likely N-dealkylation sites (tertiary alicyclic amines) is 1. The molecule has 1 atom stereocenters. The van der Waals surface area contributed by atoms with Crippen LogP contribution in [-0.2, 0) is 14.3 Å². The molecule has 3 rings (SSSR count). The molecule has 1 N–H and O–H groups in total. The molecule has 6 heteroatoms. The first-order valence-corrected chi connectivity index (χ1v) is 9.33. The van der Waals surface area contributed by atoms with Gasteiger partial charge in [0.1, 0.15) is 5.76 Å². The lowest BCUT2D eigenvalue weighted by Crippen LogP contribution is -2.32. The fraction of sp³-hybridized carbons (Fsp3) is 0.238. The highest BCUT2D eigenvalue weighted by Gasteiger charge is 2.45. The van der Waals surface area contributed by atoms with Crippen molar-refractivity contribution in [2.45, 2.75) is 13.0 Å². The Bertz CT molecular complexity index is 905. The minimum absolute atomic E-state index is 0.0954. The predicted octanol–water partition coefficient (Wildman–Crippen LogP) is 3.83. The maximum Gasteiger partial charge on any atom is 0.295 e. The van der Waals surface area contributed by atoms with E-state index in [0.717, 1.165) is 15.6 Å². The number of Topliss-reactive ketones (excluding diaryl/α,β-unsaturated/α-hetero) is 1. The van der Waals surface area contributed by atoms with Gasteiger partial charge in [-0.2, -0.15) is 0 Å². The first-order chi connectivity index (χ1) is 12.9. The average Bonchev–Trinajstić information content (AvgIpc) is 2.91. The summed E-state index contributed by atoms with van der Waals surface area (Å²) in [5, 5.41) is 10.9. The molecule has 2 aromatic carbocycles. The Morgan fingerprint density at radius 2 is 1.89 bits per heavy atom. The summed E-state index contributed by atoms with van der Waals surface area (Å²) < 4.78 is 5.92. The number of hydrogen-bond acceptors (Lipinski definition) is 4. The molecule has 5 nitrogen and oxygen atoms in total. The van der Waals surface area contributed by atoms with Crippen LogP contribution in [0.5, 0.6) is 0 Å². The number of aliphatic hydroxyl groups is 1. The molecule has 1 amide bonds. The summed E-state index contributed by atoms with van der Waals surface area (Å²) in [5.74, 6) is -1.49.